The van der Waals surface area contributed by atoms with E-state index in [4.69, 9.17) is 14.3 Å². The van der Waals surface area contributed by atoms with E-state index in [1.807, 2.05) is 41.1 Å². The van der Waals surface area contributed by atoms with Crippen molar-refractivity contribution in [3.8, 4) is 11.4 Å². The summed E-state index contributed by atoms with van der Waals surface area (Å²) < 4.78 is 12.5. The molecule has 2 aromatic heterocycles. The third kappa shape index (κ3) is 3.54. The molecule has 1 fully saturated rings. The van der Waals surface area contributed by atoms with Crippen molar-refractivity contribution in [2.75, 3.05) is 7.11 Å². The molecule has 0 radical (unpaired) electrons. The first-order chi connectivity index (χ1) is 13.6. The Balaban J connectivity index is 1.73. The molecule has 2 heterocycles. The zero-order chi connectivity index (χ0) is 19.7. The van der Waals surface area contributed by atoms with Gasteiger partial charge in [-0.2, -0.15) is 5.10 Å². The molecule has 1 N–H and O–H groups in total. The van der Waals surface area contributed by atoms with Gasteiger partial charge in [-0.05, 0) is 55.2 Å². The van der Waals surface area contributed by atoms with Crippen LogP contribution >= 0.6 is 0 Å². The quantitative estimate of drug-likeness (QED) is 0.660. The van der Waals surface area contributed by atoms with E-state index in [9.17, 15) is 4.79 Å². The summed E-state index contributed by atoms with van der Waals surface area (Å²) >= 11 is 0. The number of hydrogen-bond acceptors (Lipinski definition) is 4. The Bertz CT molecular complexity index is 952. The van der Waals surface area contributed by atoms with E-state index < -0.39 is 0 Å². The molecule has 146 valence electrons. The number of benzene rings is 1. The monoisotopic (exact) mass is 379 g/mol. The first kappa shape index (κ1) is 18.3. The van der Waals surface area contributed by atoms with Crippen molar-refractivity contribution in [2.45, 2.75) is 45.1 Å². The van der Waals surface area contributed by atoms with Gasteiger partial charge in [0.05, 0.1) is 42.6 Å². The maximum Gasteiger partial charge on any atom is 0.255 e. The number of hydrogen-bond donors (Lipinski definition) is 1. The summed E-state index contributed by atoms with van der Waals surface area (Å²) in [5, 5.41) is 7.87. The maximum atomic E-state index is 13.1. The third-order valence-corrected chi connectivity index (χ3v) is 5.01. The van der Waals surface area contributed by atoms with Crippen LogP contribution < -0.4 is 10.1 Å². The van der Waals surface area contributed by atoms with Crippen molar-refractivity contribution in [2.24, 2.45) is 0 Å². The van der Waals surface area contributed by atoms with Gasteiger partial charge in [-0.1, -0.05) is 13.8 Å². The molecule has 1 amide bonds. The Morgan fingerprint density at radius 3 is 2.61 bits per heavy atom. The topological polar surface area (TPSA) is 69.3 Å². The third-order valence-electron chi connectivity index (χ3n) is 5.01. The number of carbonyl (C=O) groups excluding carboxylic acids is 1. The number of aromatic nitrogens is 2. The number of ether oxygens (including phenoxy) is 1. The van der Waals surface area contributed by atoms with Crippen LogP contribution in [0.1, 0.15) is 66.0 Å². The molecule has 0 aliphatic heterocycles. The minimum absolute atomic E-state index is 0.0956. The van der Waals surface area contributed by atoms with Gasteiger partial charge in [0.15, 0.2) is 0 Å². The van der Waals surface area contributed by atoms with Gasteiger partial charge in [-0.25, -0.2) is 4.68 Å². The largest absolute Gasteiger partial charge is 0.497 e. The molecule has 4 rings (SSSR count). The summed E-state index contributed by atoms with van der Waals surface area (Å²) in [5.74, 6) is 1.94. The van der Waals surface area contributed by atoms with E-state index in [0.29, 0.717) is 18.0 Å². The molecule has 1 aliphatic carbocycles. The van der Waals surface area contributed by atoms with Crippen LogP contribution in [0.25, 0.3) is 5.69 Å². The lowest BCUT2D eigenvalue weighted by molar-refractivity contribution is 0.0945. The van der Waals surface area contributed by atoms with Crippen LogP contribution in [0.3, 0.4) is 0 Å². The summed E-state index contributed by atoms with van der Waals surface area (Å²) in [6.07, 6.45) is 3.77. The van der Waals surface area contributed by atoms with E-state index >= 15 is 0 Å². The van der Waals surface area contributed by atoms with Crippen molar-refractivity contribution < 1.29 is 13.9 Å². The molecule has 6 nitrogen and oxygen atoms in total. The molecule has 0 spiro atoms. The smallest absolute Gasteiger partial charge is 0.255 e. The van der Waals surface area contributed by atoms with Crippen LogP contribution in [-0.4, -0.2) is 22.8 Å². The fourth-order valence-electron chi connectivity index (χ4n) is 3.45. The second-order valence-corrected chi connectivity index (χ2v) is 7.45. The Hall–Kier alpha value is -3.02. The number of carbonyl (C=O) groups is 1. The Kier molecular flexibility index (Phi) is 4.94. The highest BCUT2D eigenvalue weighted by Crippen LogP contribution is 2.43. The van der Waals surface area contributed by atoms with Crippen molar-refractivity contribution in [1.82, 2.24) is 15.1 Å². The van der Waals surface area contributed by atoms with Crippen molar-refractivity contribution >= 4 is 5.91 Å². The van der Waals surface area contributed by atoms with E-state index in [-0.39, 0.29) is 11.8 Å². The van der Waals surface area contributed by atoms with Crippen LogP contribution in [-0.2, 0) is 6.54 Å². The number of furan rings is 1. The summed E-state index contributed by atoms with van der Waals surface area (Å²) in [7, 11) is 1.65. The second-order valence-electron chi connectivity index (χ2n) is 7.45. The number of rotatable bonds is 7. The van der Waals surface area contributed by atoms with E-state index in [2.05, 4.69) is 19.2 Å². The molecule has 1 aliphatic rings. The van der Waals surface area contributed by atoms with Gasteiger partial charge in [-0.3, -0.25) is 4.79 Å². The van der Waals surface area contributed by atoms with Gasteiger partial charge in [0.25, 0.3) is 5.91 Å². The van der Waals surface area contributed by atoms with Crippen LogP contribution in [0.4, 0.5) is 0 Å². The van der Waals surface area contributed by atoms with E-state index in [0.717, 1.165) is 41.4 Å². The molecule has 1 aromatic carbocycles. The van der Waals surface area contributed by atoms with Crippen LogP contribution in [0, 0.1) is 0 Å². The summed E-state index contributed by atoms with van der Waals surface area (Å²) in [5.41, 5.74) is 3.47. The standard InChI is InChI=1S/C22H25N3O3/c1-14(2)21-19(22(26)23-13-18-5-4-12-28-18)20(15-6-7-15)24-25(21)16-8-10-17(27-3)11-9-16/h4-5,8-12,14-15H,6-7,13H2,1-3H3,(H,23,26). The Morgan fingerprint density at radius 1 is 1.29 bits per heavy atom. The second kappa shape index (κ2) is 7.54. The average molecular weight is 379 g/mol. The first-order valence-corrected chi connectivity index (χ1v) is 9.66. The number of methoxy groups -OCH3 is 1. The maximum absolute atomic E-state index is 13.1. The zero-order valence-corrected chi connectivity index (χ0v) is 16.4. The Labute approximate surface area is 164 Å². The number of nitrogens with one attached hydrogen (secondary N) is 1. The summed E-state index contributed by atoms with van der Waals surface area (Å²) in [4.78, 5) is 13.1. The molecule has 0 atom stereocenters. The van der Waals surface area contributed by atoms with Gasteiger partial charge in [-0.15, -0.1) is 0 Å². The molecular weight excluding hydrogens is 354 g/mol. The van der Waals surface area contributed by atoms with Crippen LogP contribution in [0.2, 0.25) is 0 Å². The van der Waals surface area contributed by atoms with Crippen molar-refractivity contribution in [3.63, 3.8) is 0 Å². The van der Waals surface area contributed by atoms with Crippen LogP contribution in [0.15, 0.2) is 47.1 Å². The molecule has 0 unspecified atom stereocenters. The lowest BCUT2D eigenvalue weighted by Crippen LogP contribution is -2.25. The molecule has 1 saturated carbocycles. The molecule has 6 heteroatoms. The minimum atomic E-state index is -0.0956. The highest BCUT2D eigenvalue weighted by atomic mass is 16.5. The summed E-state index contributed by atoms with van der Waals surface area (Å²) in [6.45, 7) is 4.55. The van der Waals surface area contributed by atoms with E-state index in [1.165, 1.54) is 0 Å². The van der Waals surface area contributed by atoms with Gasteiger partial charge >= 0.3 is 0 Å². The van der Waals surface area contributed by atoms with Gasteiger partial charge < -0.3 is 14.5 Å². The fraction of sp³-hybridized carbons (Fsp3) is 0.364. The van der Waals surface area contributed by atoms with Gasteiger partial charge in [0, 0.05) is 5.92 Å². The Morgan fingerprint density at radius 2 is 2.04 bits per heavy atom. The summed E-state index contributed by atoms with van der Waals surface area (Å²) in [6, 6.07) is 11.4. The predicted octanol–water partition coefficient (Wildman–Crippen LogP) is 4.40. The number of nitrogens with zero attached hydrogens (tertiary/aromatic N) is 2. The predicted molar refractivity (Wildman–Crippen MR) is 106 cm³/mol. The first-order valence-electron chi connectivity index (χ1n) is 9.66. The van der Waals surface area contributed by atoms with Crippen LogP contribution in [0.5, 0.6) is 5.75 Å². The minimum Gasteiger partial charge on any atom is -0.497 e. The highest BCUT2D eigenvalue weighted by Gasteiger charge is 2.35. The zero-order valence-electron chi connectivity index (χ0n) is 16.4. The SMILES string of the molecule is COc1ccc(-n2nc(C3CC3)c(C(=O)NCc3ccco3)c2C(C)C)cc1. The molecule has 0 bridgehead atoms. The van der Waals surface area contributed by atoms with Crippen molar-refractivity contribution in [3.05, 3.63) is 65.4 Å². The van der Waals surface area contributed by atoms with Gasteiger partial charge in [0.1, 0.15) is 11.5 Å². The normalized spacial score (nSPS) is 13.7. The average Bonchev–Trinajstić information content (AvgIpc) is 3.26. The number of amides is 1. The lowest BCUT2D eigenvalue weighted by Gasteiger charge is -2.13. The lowest BCUT2D eigenvalue weighted by atomic mass is 10.0. The van der Waals surface area contributed by atoms with Gasteiger partial charge in [0.2, 0.25) is 0 Å². The molecule has 3 aromatic rings. The van der Waals surface area contributed by atoms with E-state index in [1.54, 1.807) is 13.4 Å². The fourth-order valence-corrected chi connectivity index (χ4v) is 3.45. The molecular formula is C22H25N3O3. The van der Waals surface area contributed by atoms with Crippen molar-refractivity contribution in [1.29, 1.82) is 0 Å². The molecule has 0 saturated heterocycles. The highest BCUT2D eigenvalue weighted by molar-refractivity contribution is 5.97. The molecule has 28 heavy (non-hydrogen) atoms.